The molecular weight excluding hydrogens is 308 g/mol. The number of thiophene rings is 1. The molecule has 2 heterocycles. The van der Waals surface area contributed by atoms with Crippen LogP contribution in [0, 0.1) is 11.3 Å². The van der Waals surface area contributed by atoms with Crippen LogP contribution >= 0.6 is 11.3 Å². The van der Waals surface area contributed by atoms with E-state index in [9.17, 15) is 4.79 Å². The molecule has 4 nitrogen and oxygen atoms in total. The normalized spacial score (nSPS) is 38.1. The summed E-state index contributed by atoms with van der Waals surface area (Å²) in [6.45, 7) is 4.95. The van der Waals surface area contributed by atoms with Crippen LogP contribution in [-0.4, -0.2) is 24.2 Å². The van der Waals surface area contributed by atoms with Gasteiger partial charge in [0.2, 0.25) is 5.91 Å². The van der Waals surface area contributed by atoms with Crippen molar-refractivity contribution in [2.45, 2.75) is 63.6 Å². The van der Waals surface area contributed by atoms with E-state index < -0.39 is 5.54 Å². The topological polar surface area (TPSA) is 64.3 Å². The van der Waals surface area contributed by atoms with E-state index in [4.69, 9.17) is 10.5 Å². The van der Waals surface area contributed by atoms with Crippen molar-refractivity contribution in [1.82, 2.24) is 5.32 Å². The number of fused-ring (bicyclic) bond motifs is 2. The SMILES string of the molecule is CC1(C)C2OCCCC2C1(N)C(=O)NC1CCCc2sccc21. The molecule has 0 bridgehead atoms. The molecule has 4 unspecified atom stereocenters. The molecule has 126 valence electrons. The van der Waals surface area contributed by atoms with Gasteiger partial charge in [0, 0.05) is 22.8 Å². The van der Waals surface area contributed by atoms with E-state index in [2.05, 4.69) is 30.6 Å². The Bertz CT molecular complexity index is 626. The Morgan fingerprint density at radius 1 is 1.39 bits per heavy atom. The van der Waals surface area contributed by atoms with Crippen LogP contribution in [0.3, 0.4) is 0 Å². The summed E-state index contributed by atoms with van der Waals surface area (Å²) in [5.41, 5.74) is 6.87. The standard InChI is InChI=1S/C18H26N2O2S/c1-17(2)15-12(5-4-9-22-15)18(17,19)16(21)20-13-6-3-7-14-11(13)8-10-23-14/h8,10,12-13,15H,3-7,9,19H2,1-2H3,(H,20,21). The molecule has 4 atom stereocenters. The maximum atomic E-state index is 13.1. The third-order valence-electron chi connectivity index (χ3n) is 6.42. The van der Waals surface area contributed by atoms with Crippen LogP contribution in [-0.2, 0) is 16.0 Å². The van der Waals surface area contributed by atoms with Gasteiger partial charge in [-0.2, -0.15) is 0 Å². The van der Waals surface area contributed by atoms with Crippen molar-refractivity contribution in [3.8, 4) is 0 Å². The van der Waals surface area contributed by atoms with Crippen molar-refractivity contribution in [3.63, 3.8) is 0 Å². The average molecular weight is 334 g/mol. The molecule has 2 aliphatic carbocycles. The zero-order valence-electron chi connectivity index (χ0n) is 13.9. The molecule has 0 spiro atoms. The lowest BCUT2D eigenvalue weighted by Crippen LogP contribution is -2.82. The number of carbonyl (C=O) groups excluding carboxylic acids is 1. The van der Waals surface area contributed by atoms with Gasteiger partial charge in [0.25, 0.3) is 0 Å². The fraction of sp³-hybridized carbons (Fsp3) is 0.722. The second kappa shape index (κ2) is 5.30. The quantitative estimate of drug-likeness (QED) is 0.874. The molecule has 2 fully saturated rings. The molecular formula is C18H26N2O2S. The molecule has 1 aromatic heterocycles. The molecule has 1 saturated heterocycles. The first-order valence-corrected chi connectivity index (χ1v) is 9.62. The molecule has 4 rings (SSSR count). The Labute approximate surface area is 141 Å². The van der Waals surface area contributed by atoms with Crippen LogP contribution in [0.5, 0.6) is 0 Å². The summed E-state index contributed by atoms with van der Waals surface area (Å²) in [4.78, 5) is 14.5. The van der Waals surface area contributed by atoms with Crippen LogP contribution in [0.4, 0.5) is 0 Å². The Morgan fingerprint density at radius 2 is 2.22 bits per heavy atom. The summed E-state index contributed by atoms with van der Waals surface area (Å²) >= 11 is 1.80. The lowest BCUT2D eigenvalue weighted by molar-refractivity contribution is -0.225. The highest BCUT2D eigenvalue weighted by atomic mass is 32.1. The van der Waals surface area contributed by atoms with Crippen molar-refractivity contribution < 1.29 is 9.53 Å². The summed E-state index contributed by atoms with van der Waals surface area (Å²) in [6, 6.07) is 2.28. The molecule has 1 aliphatic heterocycles. The third kappa shape index (κ3) is 2.06. The maximum Gasteiger partial charge on any atom is 0.241 e. The zero-order valence-corrected chi connectivity index (χ0v) is 14.7. The Balaban J connectivity index is 1.56. The van der Waals surface area contributed by atoms with Crippen molar-refractivity contribution in [1.29, 1.82) is 0 Å². The van der Waals surface area contributed by atoms with Crippen molar-refractivity contribution in [3.05, 3.63) is 21.9 Å². The summed E-state index contributed by atoms with van der Waals surface area (Å²) in [5, 5.41) is 5.41. The highest BCUT2D eigenvalue weighted by molar-refractivity contribution is 7.10. The Morgan fingerprint density at radius 3 is 3.04 bits per heavy atom. The third-order valence-corrected chi connectivity index (χ3v) is 7.41. The van der Waals surface area contributed by atoms with Crippen molar-refractivity contribution in [2.24, 2.45) is 17.1 Å². The minimum absolute atomic E-state index is 0.0123. The van der Waals surface area contributed by atoms with Gasteiger partial charge in [0.1, 0.15) is 5.54 Å². The van der Waals surface area contributed by atoms with Gasteiger partial charge in [-0.05, 0) is 49.1 Å². The largest absolute Gasteiger partial charge is 0.377 e. The van der Waals surface area contributed by atoms with Gasteiger partial charge in [-0.1, -0.05) is 13.8 Å². The van der Waals surface area contributed by atoms with Gasteiger partial charge >= 0.3 is 0 Å². The second-order valence-corrected chi connectivity index (χ2v) is 8.85. The number of rotatable bonds is 2. The van der Waals surface area contributed by atoms with Crippen molar-refractivity contribution >= 4 is 17.2 Å². The van der Waals surface area contributed by atoms with Gasteiger partial charge in [0.05, 0.1) is 12.1 Å². The predicted octanol–water partition coefficient (Wildman–Crippen LogP) is 2.77. The summed E-state index contributed by atoms with van der Waals surface area (Å²) in [6.07, 6.45) is 5.39. The zero-order chi connectivity index (χ0) is 16.2. The molecule has 3 N–H and O–H groups in total. The highest BCUT2D eigenvalue weighted by Crippen LogP contribution is 2.57. The molecule has 3 aliphatic rings. The number of ether oxygens (including phenoxy) is 1. The number of aryl methyl sites for hydroxylation is 1. The Kier molecular flexibility index (Phi) is 3.59. The first kappa shape index (κ1) is 15.6. The first-order valence-electron chi connectivity index (χ1n) is 8.74. The number of nitrogens with two attached hydrogens (primary N) is 1. The van der Waals surface area contributed by atoms with E-state index in [1.165, 1.54) is 10.4 Å². The van der Waals surface area contributed by atoms with E-state index in [-0.39, 0.29) is 29.4 Å². The molecule has 0 radical (unpaired) electrons. The van der Waals surface area contributed by atoms with Crippen molar-refractivity contribution in [2.75, 3.05) is 6.61 Å². The lowest BCUT2D eigenvalue weighted by atomic mass is 9.46. The smallest absolute Gasteiger partial charge is 0.241 e. The molecule has 1 aromatic rings. The summed E-state index contributed by atoms with van der Waals surface area (Å²) in [5.74, 6) is 0.162. The average Bonchev–Trinajstić information content (AvgIpc) is 3.03. The van der Waals surface area contributed by atoms with Crippen LogP contribution < -0.4 is 11.1 Å². The second-order valence-electron chi connectivity index (χ2n) is 7.85. The highest BCUT2D eigenvalue weighted by Gasteiger charge is 2.70. The number of nitrogens with one attached hydrogen (secondary N) is 1. The summed E-state index contributed by atoms with van der Waals surface area (Å²) in [7, 11) is 0. The van der Waals surface area contributed by atoms with E-state index in [1.54, 1.807) is 11.3 Å². The van der Waals surface area contributed by atoms with Crippen LogP contribution in [0.15, 0.2) is 11.4 Å². The Hall–Kier alpha value is -0.910. The molecule has 0 aromatic carbocycles. The first-order chi connectivity index (χ1) is 11.0. The molecule has 1 saturated carbocycles. The number of hydrogen-bond donors (Lipinski definition) is 2. The minimum Gasteiger partial charge on any atom is -0.377 e. The van der Waals surface area contributed by atoms with Gasteiger partial charge in [0.15, 0.2) is 0 Å². The maximum absolute atomic E-state index is 13.1. The van der Waals surface area contributed by atoms with E-state index in [0.717, 1.165) is 38.7 Å². The fourth-order valence-corrected chi connectivity index (χ4v) is 5.94. The molecule has 23 heavy (non-hydrogen) atoms. The minimum atomic E-state index is -0.814. The van der Waals surface area contributed by atoms with Crippen LogP contribution in [0.2, 0.25) is 0 Å². The van der Waals surface area contributed by atoms with Gasteiger partial charge in [-0.15, -0.1) is 11.3 Å². The molecule has 5 heteroatoms. The van der Waals surface area contributed by atoms with E-state index in [0.29, 0.717) is 0 Å². The van der Waals surface area contributed by atoms with Gasteiger partial charge < -0.3 is 15.8 Å². The summed E-state index contributed by atoms with van der Waals surface area (Å²) < 4.78 is 5.91. The lowest BCUT2D eigenvalue weighted by Gasteiger charge is -2.65. The number of amides is 1. The van der Waals surface area contributed by atoms with Crippen LogP contribution in [0.1, 0.15) is 56.0 Å². The van der Waals surface area contributed by atoms with E-state index in [1.807, 2.05) is 0 Å². The van der Waals surface area contributed by atoms with Gasteiger partial charge in [-0.3, -0.25) is 4.79 Å². The number of hydrogen-bond acceptors (Lipinski definition) is 4. The fourth-order valence-electron chi connectivity index (χ4n) is 4.95. The van der Waals surface area contributed by atoms with Crippen LogP contribution in [0.25, 0.3) is 0 Å². The molecule has 1 amide bonds. The number of carbonyl (C=O) groups is 1. The monoisotopic (exact) mass is 334 g/mol. The van der Waals surface area contributed by atoms with E-state index >= 15 is 0 Å². The van der Waals surface area contributed by atoms with Gasteiger partial charge in [-0.25, -0.2) is 0 Å². The predicted molar refractivity (Wildman–Crippen MR) is 91.3 cm³/mol.